The molecule has 7 heteroatoms. The van der Waals surface area contributed by atoms with Crippen LogP contribution in [-0.4, -0.2) is 23.9 Å². The van der Waals surface area contributed by atoms with Gasteiger partial charge in [-0.2, -0.15) is 10.2 Å². The summed E-state index contributed by atoms with van der Waals surface area (Å²) in [5.74, 6) is 1.67. The molecule has 0 radical (unpaired) electrons. The molecular formula is C21H18ClN3O3. The zero-order valence-electron chi connectivity index (χ0n) is 15.5. The number of benzene rings is 2. The molecule has 0 unspecified atom stereocenters. The first kappa shape index (κ1) is 19.5. The van der Waals surface area contributed by atoms with E-state index in [0.717, 1.165) is 17.5 Å². The molecule has 1 aromatic heterocycles. The van der Waals surface area contributed by atoms with Gasteiger partial charge in [-0.25, -0.2) is 0 Å². The summed E-state index contributed by atoms with van der Waals surface area (Å²) in [6, 6.07) is 15.1. The SMILES string of the molecule is CCc1ccc(-c2noc(/C(Cl)=C/c3ccc(OCC#N)c(OC)c3)n2)cc1. The van der Waals surface area contributed by atoms with Crippen LogP contribution in [0.5, 0.6) is 11.5 Å². The number of nitrogens with zero attached hydrogens (tertiary/aromatic N) is 3. The zero-order chi connectivity index (χ0) is 19.9. The minimum atomic E-state index is -0.0592. The van der Waals surface area contributed by atoms with Crippen molar-refractivity contribution in [1.82, 2.24) is 10.1 Å². The number of methoxy groups -OCH3 is 1. The van der Waals surface area contributed by atoms with Crippen LogP contribution in [0.1, 0.15) is 23.9 Å². The average Bonchev–Trinajstić information content (AvgIpc) is 3.23. The largest absolute Gasteiger partial charge is 0.493 e. The summed E-state index contributed by atoms with van der Waals surface area (Å²) in [5, 5.41) is 12.9. The molecule has 6 nitrogen and oxygen atoms in total. The molecule has 0 aliphatic carbocycles. The molecule has 2 aromatic carbocycles. The molecule has 0 N–H and O–H groups in total. The van der Waals surface area contributed by atoms with E-state index in [4.69, 9.17) is 30.9 Å². The van der Waals surface area contributed by atoms with Crippen molar-refractivity contribution in [2.24, 2.45) is 0 Å². The number of halogens is 1. The van der Waals surface area contributed by atoms with E-state index in [1.54, 1.807) is 24.3 Å². The Morgan fingerprint density at radius 1 is 1.21 bits per heavy atom. The van der Waals surface area contributed by atoms with Crippen LogP contribution < -0.4 is 9.47 Å². The van der Waals surface area contributed by atoms with Crippen molar-refractivity contribution >= 4 is 22.7 Å². The van der Waals surface area contributed by atoms with Gasteiger partial charge >= 0.3 is 0 Å². The maximum absolute atomic E-state index is 8.64. The molecule has 3 aromatic rings. The Hall–Kier alpha value is -3.30. The highest BCUT2D eigenvalue weighted by Gasteiger charge is 2.12. The van der Waals surface area contributed by atoms with Crippen LogP contribution in [0.25, 0.3) is 22.5 Å². The van der Waals surface area contributed by atoms with E-state index >= 15 is 0 Å². The number of nitriles is 1. The summed E-state index contributed by atoms with van der Waals surface area (Å²) >= 11 is 6.36. The molecular weight excluding hydrogens is 378 g/mol. The monoisotopic (exact) mass is 395 g/mol. The summed E-state index contributed by atoms with van der Waals surface area (Å²) in [7, 11) is 1.53. The van der Waals surface area contributed by atoms with Crippen LogP contribution in [0.2, 0.25) is 0 Å². The molecule has 0 amide bonds. The molecule has 0 aliphatic heterocycles. The number of hydrogen-bond donors (Lipinski definition) is 0. The van der Waals surface area contributed by atoms with E-state index in [1.807, 2.05) is 30.3 Å². The van der Waals surface area contributed by atoms with Crippen LogP contribution >= 0.6 is 11.6 Å². The Morgan fingerprint density at radius 3 is 2.68 bits per heavy atom. The lowest BCUT2D eigenvalue weighted by Crippen LogP contribution is -1.96. The van der Waals surface area contributed by atoms with Gasteiger partial charge in [0.15, 0.2) is 18.1 Å². The van der Waals surface area contributed by atoms with E-state index in [0.29, 0.717) is 22.4 Å². The highest BCUT2D eigenvalue weighted by Crippen LogP contribution is 2.31. The third-order valence-electron chi connectivity index (χ3n) is 4.02. The maximum atomic E-state index is 8.64. The lowest BCUT2D eigenvalue weighted by molar-refractivity contribution is 0.329. The molecule has 0 spiro atoms. The van der Waals surface area contributed by atoms with Crippen molar-refractivity contribution in [1.29, 1.82) is 5.26 Å². The third-order valence-corrected chi connectivity index (χ3v) is 4.29. The maximum Gasteiger partial charge on any atom is 0.269 e. The van der Waals surface area contributed by atoms with E-state index in [2.05, 4.69) is 17.1 Å². The number of aryl methyl sites for hydroxylation is 1. The summed E-state index contributed by atoms with van der Waals surface area (Å²) in [4.78, 5) is 4.36. The molecule has 3 rings (SSSR count). The summed E-state index contributed by atoms with van der Waals surface area (Å²) in [6.07, 6.45) is 2.66. The first-order chi connectivity index (χ1) is 13.6. The Labute approximate surface area is 168 Å². The molecule has 0 fully saturated rings. The molecule has 28 heavy (non-hydrogen) atoms. The van der Waals surface area contributed by atoms with Crippen LogP contribution in [-0.2, 0) is 6.42 Å². The van der Waals surface area contributed by atoms with Crippen molar-refractivity contribution in [2.45, 2.75) is 13.3 Å². The van der Waals surface area contributed by atoms with E-state index < -0.39 is 0 Å². The number of aromatic nitrogens is 2. The number of rotatable bonds is 7. The number of hydrogen-bond acceptors (Lipinski definition) is 6. The van der Waals surface area contributed by atoms with Gasteiger partial charge in [-0.1, -0.05) is 54.0 Å². The second-order valence-electron chi connectivity index (χ2n) is 5.82. The van der Waals surface area contributed by atoms with Gasteiger partial charge in [0.25, 0.3) is 5.89 Å². The third kappa shape index (κ3) is 4.51. The van der Waals surface area contributed by atoms with Gasteiger partial charge in [0, 0.05) is 5.56 Å². The molecule has 0 bridgehead atoms. The Balaban J connectivity index is 1.81. The first-order valence-corrected chi connectivity index (χ1v) is 9.00. The average molecular weight is 396 g/mol. The van der Waals surface area contributed by atoms with Crippen molar-refractivity contribution < 1.29 is 14.0 Å². The van der Waals surface area contributed by atoms with Crippen LogP contribution in [0.3, 0.4) is 0 Å². The molecule has 0 atom stereocenters. The minimum Gasteiger partial charge on any atom is -0.493 e. The Bertz CT molecular complexity index is 1020. The van der Waals surface area contributed by atoms with Gasteiger partial charge in [-0.3, -0.25) is 0 Å². The molecule has 0 saturated carbocycles. The quantitative estimate of drug-likeness (QED) is 0.563. The minimum absolute atomic E-state index is 0.0592. The first-order valence-electron chi connectivity index (χ1n) is 8.63. The second kappa shape index (κ2) is 9.07. The van der Waals surface area contributed by atoms with Crippen LogP contribution in [0, 0.1) is 11.3 Å². The fraction of sp³-hybridized carbons (Fsp3) is 0.190. The molecule has 0 aliphatic rings. The van der Waals surface area contributed by atoms with E-state index in [1.165, 1.54) is 12.7 Å². The van der Waals surface area contributed by atoms with E-state index in [-0.39, 0.29) is 12.5 Å². The number of ether oxygens (including phenoxy) is 2. The van der Waals surface area contributed by atoms with Crippen molar-refractivity contribution in [3.63, 3.8) is 0 Å². The van der Waals surface area contributed by atoms with Gasteiger partial charge in [0.2, 0.25) is 5.82 Å². The highest BCUT2D eigenvalue weighted by molar-refractivity contribution is 6.50. The van der Waals surface area contributed by atoms with Gasteiger partial charge in [0.05, 0.1) is 7.11 Å². The normalized spacial score (nSPS) is 11.1. The van der Waals surface area contributed by atoms with Gasteiger partial charge < -0.3 is 14.0 Å². The summed E-state index contributed by atoms with van der Waals surface area (Å²) < 4.78 is 15.9. The standard InChI is InChI=1S/C21H18ClN3O3/c1-3-14-4-7-16(8-5-14)20-24-21(28-25-20)17(22)12-15-6-9-18(27-11-10-23)19(13-15)26-2/h4-9,12-13H,3,11H2,1-2H3/b17-12-. The highest BCUT2D eigenvalue weighted by atomic mass is 35.5. The molecule has 142 valence electrons. The fourth-order valence-electron chi connectivity index (χ4n) is 2.54. The smallest absolute Gasteiger partial charge is 0.269 e. The van der Waals surface area contributed by atoms with Crippen LogP contribution in [0.4, 0.5) is 0 Å². The molecule has 1 heterocycles. The van der Waals surface area contributed by atoms with Crippen molar-refractivity contribution in [3.8, 4) is 29.0 Å². The summed E-state index contributed by atoms with van der Waals surface area (Å²) in [6.45, 7) is 2.04. The fourth-order valence-corrected chi connectivity index (χ4v) is 2.74. The van der Waals surface area contributed by atoms with E-state index in [9.17, 15) is 0 Å². The molecule has 0 saturated heterocycles. The van der Waals surface area contributed by atoms with Gasteiger partial charge in [-0.15, -0.1) is 0 Å². The lowest BCUT2D eigenvalue weighted by Gasteiger charge is -2.08. The predicted octanol–water partition coefficient (Wildman–Crippen LogP) is 4.95. The van der Waals surface area contributed by atoms with Gasteiger partial charge in [0.1, 0.15) is 11.1 Å². The Morgan fingerprint density at radius 2 is 2.00 bits per heavy atom. The van der Waals surface area contributed by atoms with Crippen molar-refractivity contribution in [3.05, 3.63) is 59.5 Å². The lowest BCUT2D eigenvalue weighted by atomic mass is 10.1. The van der Waals surface area contributed by atoms with Crippen LogP contribution in [0.15, 0.2) is 47.0 Å². The summed E-state index contributed by atoms with van der Waals surface area (Å²) in [5.41, 5.74) is 2.86. The second-order valence-corrected chi connectivity index (χ2v) is 6.23. The zero-order valence-corrected chi connectivity index (χ0v) is 16.2. The topological polar surface area (TPSA) is 81.2 Å². The Kier molecular flexibility index (Phi) is 6.30. The predicted molar refractivity (Wildman–Crippen MR) is 107 cm³/mol. The van der Waals surface area contributed by atoms with Crippen molar-refractivity contribution in [2.75, 3.05) is 13.7 Å². The van der Waals surface area contributed by atoms with Gasteiger partial charge in [-0.05, 0) is 35.8 Å².